The molecule has 0 aliphatic carbocycles. The number of hydrogen-bond donors (Lipinski definition) is 1. The minimum atomic E-state index is -1.14. The van der Waals surface area contributed by atoms with Crippen molar-refractivity contribution in [2.45, 2.75) is 11.8 Å². The van der Waals surface area contributed by atoms with Crippen LogP contribution in [0.3, 0.4) is 0 Å². The molecule has 4 rings (SSSR count). The number of methoxy groups -OCH3 is 1. The van der Waals surface area contributed by atoms with Crippen molar-refractivity contribution in [3.05, 3.63) is 93.3 Å². The lowest BCUT2D eigenvalue weighted by atomic mass is 10.1. The number of nitriles is 1. The minimum Gasteiger partial charge on any atom is -0.496 e. The van der Waals surface area contributed by atoms with E-state index in [1.54, 1.807) is 54.6 Å². The third-order valence-corrected chi connectivity index (χ3v) is 6.00. The maximum absolute atomic E-state index is 11.8. The maximum Gasteiger partial charge on any atom is 0.342 e. The Morgan fingerprint density at radius 2 is 1.94 bits per heavy atom. The van der Waals surface area contributed by atoms with Crippen LogP contribution in [0.15, 0.2) is 81.3 Å². The summed E-state index contributed by atoms with van der Waals surface area (Å²) < 4.78 is 16.7. The molecule has 0 saturated heterocycles. The summed E-state index contributed by atoms with van der Waals surface area (Å²) in [5.74, 6) is 0.0861. The van der Waals surface area contributed by atoms with Gasteiger partial charge in [-0.25, -0.2) is 4.79 Å². The Bertz CT molecular complexity index is 1460. The first-order chi connectivity index (χ1) is 17.5. The van der Waals surface area contributed by atoms with Gasteiger partial charge in [-0.1, -0.05) is 41.9 Å². The lowest BCUT2D eigenvalue weighted by Crippen LogP contribution is -1.98. The number of aliphatic carboxylic acids is 1. The summed E-state index contributed by atoms with van der Waals surface area (Å²) >= 11 is 6.89. The van der Waals surface area contributed by atoms with Crippen LogP contribution in [-0.2, 0) is 11.4 Å². The Morgan fingerprint density at radius 1 is 1.17 bits per heavy atom. The fraction of sp³-hybridized carbons (Fsp3) is 0.0769. The van der Waals surface area contributed by atoms with Crippen LogP contribution in [0.1, 0.15) is 16.7 Å². The number of carboxylic acids is 1. The van der Waals surface area contributed by atoms with Gasteiger partial charge in [-0.05, 0) is 59.8 Å². The molecule has 0 radical (unpaired) electrons. The molecule has 4 aromatic rings. The Labute approximate surface area is 215 Å². The fourth-order valence-corrected chi connectivity index (χ4v) is 4.01. The molecule has 0 bridgehead atoms. The third kappa shape index (κ3) is 6.05. The number of carboxylic acid groups (broad SMARTS) is 1. The lowest BCUT2D eigenvalue weighted by molar-refractivity contribution is -0.131. The predicted octanol–water partition coefficient (Wildman–Crippen LogP) is 6.07. The molecule has 10 heteroatoms. The van der Waals surface area contributed by atoms with Crippen molar-refractivity contribution in [1.29, 1.82) is 5.26 Å². The van der Waals surface area contributed by atoms with Gasteiger partial charge in [0.25, 0.3) is 11.1 Å². The normalized spacial score (nSPS) is 11.1. The Morgan fingerprint density at radius 3 is 2.67 bits per heavy atom. The van der Waals surface area contributed by atoms with E-state index in [-0.39, 0.29) is 22.6 Å². The van der Waals surface area contributed by atoms with Crippen molar-refractivity contribution in [3.63, 3.8) is 0 Å². The number of aromatic nitrogens is 2. The van der Waals surface area contributed by atoms with Gasteiger partial charge >= 0.3 is 5.97 Å². The second-order valence-corrected chi connectivity index (χ2v) is 8.69. The van der Waals surface area contributed by atoms with E-state index in [0.717, 1.165) is 17.3 Å². The second-order valence-electron chi connectivity index (χ2n) is 7.26. The number of thioether (sulfide) groups is 1. The summed E-state index contributed by atoms with van der Waals surface area (Å²) in [6, 6.07) is 21.2. The highest BCUT2D eigenvalue weighted by Gasteiger charge is 2.18. The van der Waals surface area contributed by atoms with Crippen LogP contribution in [0.2, 0.25) is 5.02 Å². The number of hydrogen-bond acceptors (Lipinski definition) is 8. The number of nitrogens with zero attached hydrogens (tertiary/aromatic N) is 3. The van der Waals surface area contributed by atoms with Crippen LogP contribution >= 0.6 is 23.4 Å². The average molecular weight is 520 g/mol. The van der Waals surface area contributed by atoms with Gasteiger partial charge < -0.3 is 19.0 Å². The number of benzene rings is 3. The molecular formula is C26H18ClN3O5S. The largest absolute Gasteiger partial charge is 0.496 e. The standard InChI is InChI=1S/C26H18ClN3O5S/c1-33-22-11-8-19(27)13-21(22)24-29-30-26(35-24)36-23(25(31)32)12-16-6-9-20(10-7-16)34-15-18-5-3-2-4-17(18)14-28/h2-13H,15H2,1H3,(H,31,32)/b23-12-. The quantitative estimate of drug-likeness (QED) is 0.207. The van der Waals surface area contributed by atoms with Crippen molar-refractivity contribution in [2.24, 2.45) is 0 Å². The van der Waals surface area contributed by atoms with Crippen molar-refractivity contribution >= 4 is 35.4 Å². The molecule has 1 N–H and O–H groups in total. The summed E-state index contributed by atoms with van der Waals surface area (Å²) in [6.45, 7) is 0.242. The first-order valence-corrected chi connectivity index (χ1v) is 11.7. The highest BCUT2D eigenvalue weighted by molar-refractivity contribution is 8.03. The molecule has 1 heterocycles. The first-order valence-electron chi connectivity index (χ1n) is 10.5. The van der Waals surface area contributed by atoms with Gasteiger partial charge in [0.05, 0.1) is 24.3 Å². The van der Waals surface area contributed by atoms with E-state index in [1.165, 1.54) is 13.2 Å². The monoisotopic (exact) mass is 519 g/mol. The Kier molecular flexibility index (Phi) is 7.90. The van der Waals surface area contributed by atoms with Gasteiger partial charge in [0.1, 0.15) is 23.0 Å². The minimum absolute atomic E-state index is 0.0140. The van der Waals surface area contributed by atoms with E-state index in [4.69, 9.17) is 25.5 Å². The van der Waals surface area contributed by atoms with Crippen LogP contribution in [0.5, 0.6) is 11.5 Å². The molecule has 1 aromatic heterocycles. The molecule has 0 spiro atoms. The van der Waals surface area contributed by atoms with E-state index in [2.05, 4.69) is 16.3 Å². The molecule has 3 aromatic carbocycles. The van der Waals surface area contributed by atoms with Gasteiger partial charge in [0, 0.05) is 10.6 Å². The molecule has 0 aliphatic heterocycles. The van der Waals surface area contributed by atoms with Crippen molar-refractivity contribution in [2.75, 3.05) is 7.11 Å². The zero-order valence-electron chi connectivity index (χ0n) is 18.8. The number of carbonyl (C=O) groups is 1. The van der Waals surface area contributed by atoms with Crippen LogP contribution in [0.4, 0.5) is 0 Å². The molecule has 8 nitrogen and oxygen atoms in total. The van der Waals surface area contributed by atoms with Gasteiger partial charge in [-0.3, -0.25) is 0 Å². The molecule has 36 heavy (non-hydrogen) atoms. The molecule has 0 aliphatic rings. The molecule has 180 valence electrons. The zero-order valence-corrected chi connectivity index (χ0v) is 20.4. The van der Waals surface area contributed by atoms with E-state index in [1.807, 2.05) is 12.1 Å². The summed E-state index contributed by atoms with van der Waals surface area (Å²) in [4.78, 5) is 11.8. The van der Waals surface area contributed by atoms with Crippen LogP contribution in [0, 0.1) is 11.3 Å². The van der Waals surface area contributed by atoms with Crippen molar-refractivity contribution < 1.29 is 23.8 Å². The molecule has 0 amide bonds. The highest BCUT2D eigenvalue weighted by Crippen LogP contribution is 2.35. The van der Waals surface area contributed by atoms with Crippen LogP contribution in [0.25, 0.3) is 17.5 Å². The highest BCUT2D eigenvalue weighted by atomic mass is 35.5. The van der Waals surface area contributed by atoms with E-state index in [0.29, 0.717) is 33.2 Å². The Balaban J connectivity index is 1.47. The molecule has 0 unspecified atom stereocenters. The maximum atomic E-state index is 11.8. The van der Waals surface area contributed by atoms with Gasteiger partial charge in [0.2, 0.25) is 0 Å². The van der Waals surface area contributed by atoms with Gasteiger partial charge in [-0.2, -0.15) is 5.26 Å². The SMILES string of the molecule is COc1ccc(Cl)cc1-c1nnc(S/C(=C\c2ccc(OCc3ccccc3C#N)cc2)C(=O)O)o1. The number of rotatable bonds is 9. The summed E-state index contributed by atoms with van der Waals surface area (Å²) in [7, 11) is 1.51. The first kappa shape index (κ1) is 24.9. The van der Waals surface area contributed by atoms with Crippen LogP contribution < -0.4 is 9.47 Å². The number of ether oxygens (including phenoxy) is 2. The predicted molar refractivity (Wildman–Crippen MR) is 135 cm³/mol. The number of halogens is 1. The van der Waals surface area contributed by atoms with E-state index < -0.39 is 5.97 Å². The van der Waals surface area contributed by atoms with Crippen molar-refractivity contribution in [1.82, 2.24) is 10.2 Å². The zero-order chi connectivity index (χ0) is 25.5. The second kappa shape index (κ2) is 11.4. The van der Waals surface area contributed by atoms with Crippen molar-refractivity contribution in [3.8, 4) is 29.0 Å². The topological polar surface area (TPSA) is 118 Å². The summed E-state index contributed by atoms with van der Waals surface area (Å²) in [5.41, 5.74) is 2.47. The summed E-state index contributed by atoms with van der Waals surface area (Å²) in [5, 5.41) is 27.3. The van der Waals surface area contributed by atoms with Gasteiger partial charge in [0.15, 0.2) is 0 Å². The lowest BCUT2D eigenvalue weighted by Gasteiger charge is -2.08. The third-order valence-electron chi connectivity index (χ3n) is 4.92. The smallest absolute Gasteiger partial charge is 0.342 e. The molecule has 0 saturated carbocycles. The molecule has 0 fully saturated rings. The molecule has 0 atom stereocenters. The van der Waals surface area contributed by atoms with E-state index >= 15 is 0 Å². The fourth-order valence-electron chi connectivity index (χ4n) is 3.16. The summed E-state index contributed by atoms with van der Waals surface area (Å²) in [6.07, 6.45) is 1.49. The Hall–Kier alpha value is -4.26. The van der Waals surface area contributed by atoms with Gasteiger partial charge in [-0.15, -0.1) is 10.2 Å². The average Bonchev–Trinajstić information content (AvgIpc) is 3.36. The van der Waals surface area contributed by atoms with E-state index in [9.17, 15) is 15.2 Å². The molecular weight excluding hydrogens is 502 g/mol. The van der Waals surface area contributed by atoms with Crippen LogP contribution in [-0.4, -0.2) is 28.4 Å².